The molecule has 0 aliphatic heterocycles. The van der Waals surface area contributed by atoms with Crippen molar-refractivity contribution < 1.29 is 17.2 Å². The van der Waals surface area contributed by atoms with E-state index in [1.807, 2.05) is 0 Å². The van der Waals surface area contributed by atoms with Crippen LogP contribution in [0.1, 0.15) is 25.7 Å². The Hall–Kier alpha value is -1.83. The summed E-state index contributed by atoms with van der Waals surface area (Å²) in [6.07, 6.45) is 3.05. The molecule has 1 aliphatic rings. The van der Waals surface area contributed by atoms with Crippen LogP contribution in [-0.2, 0) is 10.0 Å². The van der Waals surface area contributed by atoms with E-state index in [1.54, 1.807) is 0 Å². The van der Waals surface area contributed by atoms with E-state index in [-0.39, 0.29) is 22.5 Å². The minimum absolute atomic E-state index is 0.112. The molecule has 0 atom stereocenters. The monoisotopic (exact) mass is 366 g/mol. The van der Waals surface area contributed by atoms with Gasteiger partial charge >= 0.3 is 0 Å². The van der Waals surface area contributed by atoms with Gasteiger partial charge in [-0.15, -0.1) is 0 Å². The third-order valence-electron chi connectivity index (χ3n) is 4.50. The summed E-state index contributed by atoms with van der Waals surface area (Å²) in [6, 6.07) is 9.21. The largest absolute Gasteiger partial charge is 0.328 e. The maximum atomic E-state index is 13.8. The lowest BCUT2D eigenvalue weighted by Crippen LogP contribution is -2.40. The topological polar surface area (TPSA) is 72.2 Å². The average Bonchev–Trinajstić information content (AvgIpc) is 2.57. The van der Waals surface area contributed by atoms with Crippen LogP contribution in [-0.4, -0.2) is 20.5 Å². The van der Waals surface area contributed by atoms with E-state index in [0.717, 1.165) is 31.7 Å². The maximum Gasteiger partial charge on any atom is 0.240 e. The molecule has 134 valence electrons. The fourth-order valence-corrected chi connectivity index (χ4v) is 4.37. The van der Waals surface area contributed by atoms with Crippen molar-refractivity contribution in [3.63, 3.8) is 0 Å². The molecule has 0 saturated heterocycles. The standard InChI is InChI=1S/C18H20F2N2O2S/c19-13-3-10-17(18(20)11-13)12-1-8-16(9-2-12)25(23,24)22-15-6-4-14(21)5-7-15/h1-3,8-11,14-15,22H,4-7,21H2/t14-,15+. The van der Waals surface area contributed by atoms with Crippen molar-refractivity contribution in [3.8, 4) is 11.1 Å². The summed E-state index contributed by atoms with van der Waals surface area (Å²) >= 11 is 0. The first-order valence-corrected chi connectivity index (χ1v) is 9.67. The van der Waals surface area contributed by atoms with Crippen molar-refractivity contribution in [2.24, 2.45) is 5.73 Å². The zero-order chi connectivity index (χ0) is 18.0. The summed E-state index contributed by atoms with van der Waals surface area (Å²) in [5, 5.41) is 0. The third-order valence-corrected chi connectivity index (χ3v) is 6.04. The Balaban J connectivity index is 1.77. The zero-order valence-corrected chi connectivity index (χ0v) is 14.4. The Bertz CT molecular complexity index is 846. The molecule has 3 rings (SSSR count). The lowest BCUT2D eigenvalue weighted by Gasteiger charge is -2.26. The van der Waals surface area contributed by atoms with Gasteiger partial charge in [-0.25, -0.2) is 21.9 Å². The van der Waals surface area contributed by atoms with E-state index < -0.39 is 21.7 Å². The van der Waals surface area contributed by atoms with Crippen LogP contribution < -0.4 is 10.5 Å². The predicted octanol–water partition coefficient (Wildman–Crippen LogP) is 3.18. The molecule has 0 spiro atoms. The van der Waals surface area contributed by atoms with Crippen LogP contribution in [0.4, 0.5) is 8.78 Å². The Morgan fingerprint density at radius 1 is 0.960 bits per heavy atom. The summed E-state index contributed by atoms with van der Waals surface area (Å²) < 4.78 is 54.5. The van der Waals surface area contributed by atoms with Crippen molar-refractivity contribution in [3.05, 3.63) is 54.1 Å². The van der Waals surface area contributed by atoms with E-state index in [9.17, 15) is 17.2 Å². The quantitative estimate of drug-likeness (QED) is 0.873. The Labute approximate surface area is 146 Å². The van der Waals surface area contributed by atoms with Gasteiger partial charge in [-0.2, -0.15) is 0 Å². The van der Waals surface area contributed by atoms with Crippen molar-refractivity contribution in [2.45, 2.75) is 42.7 Å². The maximum absolute atomic E-state index is 13.8. The molecule has 2 aromatic carbocycles. The Morgan fingerprint density at radius 3 is 2.20 bits per heavy atom. The summed E-state index contributed by atoms with van der Waals surface area (Å²) in [6.45, 7) is 0. The SMILES string of the molecule is N[C@H]1CC[C@@H](NS(=O)(=O)c2ccc(-c3ccc(F)cc3F)cc2)CC1. The normalized spacial score (nSPS) is 21.2. The first-order chi connectivity index (χ1) is 11.8. The van der Waals surface area contributed by atoms with Crippen molar-refractivity contribution in [1.29, 1.82) is 0 Å². The molecule has 7 heteroatoms. The second-order valence-electron chi connectivity index (χ2n) is 6.38. The van der Waals surface area contributed by atoms with Crippen LogP contribution in [0.25, 0.3) is 11.1 Å². The van der Waals surface area contributed by atoms with Gasteiger partial charge in [0.05, 0.1) is 4.90 Å². The molecule has 25 heavy (non-hydrogen) atoms. The average molecular weight is 366 g/mol. The molecule has 0 bridgehead atoms. The van der Waals surface area contributed by atoms with Crippen LogP contribution in [0.5, 0.6) is 0 Å². The number of benzene rings is 2. The minimum atomic E-state index is -3.64. The van der Waals surface area contributed by atoms with Crippen LogP contribution in [0.15, 0.2) is 47.4 Å². The first kappa shape index (κ1) is 18.0. The van der Waals surface area contributed by atoms with Gasteiger partial charge in [0.25, 0.3) is 0 Å². The Morgan fingerprint density at radius 2 is 1.60 bits per heavy atom. The molecule has 0 radical (unpaired) electrons. The summed E-state index contributed by atoms with van der Waals surface area (Å²) in [5.41, 5.74) is 6.54. The highest BCUT2D eigenvalue weighted by molar-refractivity contribution is 7.89. The van der Waals surface area contributed by atoms with Crippen molar-refractivity contribution >= 4 is 10.0 Å². The lowest BCUT2D eigenvalue weighted by molar-refractivity contribution is 0.373. The molecular weight excluding hydrogens is 346 g/mol. The van der Waals surface area contributed by atoms with Crippen LogP contribution in [0.3, 0.4) is 0 Å². The zero-order valence-electron chi connectivity index (χ0n) is 13.6. The van der Waals surface area contributed by atoms with E-state index in [2.05, 4.69) is 4.72 Å². The second kappa shape index (κ2) is 7.19. The van der Waals surface area contributed by atoms with Crippen LogP contribution in [0, 0.1) is 11.6 Å². The summed E-state index contributed by atoms with van der Waals surface area (Å²) in [7, 11) is -3.64. The van der Waals surface area contributed by atoms with Gasteiger partial charge in [-0.05, 0) is 55.5 Å². The van der Waals surface area contributed by atoms with Gasteiger partial charge < -0.3 is 5.73 Å². The number of hydrogen-bond donors (Lipinski definition) is 2. The molecule has 4 nitrogen and oxygen atoms in total. The molecule has 0 unspecified atom stereocenters. The van der Waals surface area contributed by atoms with E-state index in [1.165, 1.54) is 36.4 Å². The van der Waals surface area contributed by atoms with Gasteiger partial charge in [0.1, 0.15) is 11.6 Å². The molecule has 0 heterocycles. The number of nitrogens with two attached hydrogens (primary N) is 1. The number of nitrogens with one attached hydrogen (secondary N) is 1. The second-order valence-corrected chi connectivity index (χ2v) is 8.10. The van der Waals surface area contributed by atoms with Gasteiger partial charge in [0.15, 0.2) is 0 Å². The molecule has 1 fully saturated rings. The molecule has 0 amide bonds. The highest BCUT2D eigenvalue weighted by atomic mass is 32.2. The number of hydrogen-bond acceptors (Lipinski definition) is 3. The minimum Gasteiger partial charge on any atom is -0.328 e. The van der Waals surface area contributed by atoms with Gasteiger partial charge in [-0.3, -0.25) is 0 Å². The highest BCUT2D eigenvalue weighted by Crippen LogP contribution is 2.25. The van der Waals surface area contributed by atoms with E-state index in [4.69, 9.17) is 5.73 Å². The molecular formula is C18H20F2N2O2S. The van der Waals surface area contributed by atoms with Crippen LogP contribution >= 0.6 is 0 Å². The fourth-order valence-electron chi connectivity index (χ4n) is 3.06. The third kappa shape index (κ3) is 4.23. The summed E-state index contributed by atoms with van der Waals surface area (Å²) in [5.74, 6) is -1.34. The molecule has 0 aromatic heterocycles. The fraction of sp³-hybridized carbons (Fsp3) is 0.333. The van der Waals surface area contributed by atoms with Gasteiger partial charge in [0.2, 0.25) is 10.0 Å². The molecule has 1 aliphatic carbocycles. The van der Waals surface area contributed by atoms with Crippen molar-refractivity contribution in [1.82, 2.24) is 4.72 Å². The van der Waals surface area contributed by atoms with Gasteiger partial charge in [0, 0.05) is 23.7 Å². The highest BCUT2D eigenvalue weighted by Gasteiger charge is 2.24. The predicted molar refractivity (Wildman–Crippen MR) is 92.3 cm³/mol. The van der Waals surface area contributed by atoms with Gasteiger partial charge in [-0.1, -0.05) is 12.1 Å². The smallest absolute Gasteiger partial charge is 0.240 e. The van der Waals surface area contributed by atoms with Crippen LogP contribution in [0.2, 0.25) is 0 Å². The first-order valence-electron chi connectivity index (χ1n) is 8.18. The number of halogens is 2. The Kier molecular flexibility index (Phi) is 5.17. The number of rotatable bonds is 4. The molecule has 1 saturated carbocycles. The lowest BCUT2D eigenvalue weighted by atomic mass is 9.93. The number of sulfonamides is 1. The molecule has 3 N–H and O–H groups in total. The summed E-state index contributed by atoms with van der Waals surface area (Å²) in [4.78, 5) is 0.119. The van der Waals surface area contributed by atoms with Crippen molar-refractivity contribution in [2.75, 3.05) is 0 Å². The molecule has 2 aromatic rings. The van der Waals surface area contributed by atoms with E-state index in [0.29, 0.717) is 5.56 Å². The van der Waals surface area contributed by atoms with E-state index >= 15 is 0 Å².